The Bertz CT molecular complexity index is 2970. The fourth-order valence-corrected chi connectivity index (χ4v) is 11.5. The number of fused-ring (bicyclic) bond motifs is 9. The van der Waals surface area contributed by atoms with E-state index in [1.165, 1.54) is 88.5 Å². The number of anilines is 3. The Morgan fingerprint density at radius 1 is 0.308 bits per heavy atom. The molecular formula is C48H29NS3. The first kappa shape index (κ1) is 29.9. The first-order chi connectivity index (χ1) is 25.8. The standard InChI is InChI=1S/C48H29NS3/c1-4-18-42-36(10-1)38-15-7-13-34(47(38)51-42)30-22-26-32(27-23-30)49(41-17-9-21-45-46(41)40-12-3-6-20-44(40)50-45)33-28-24-31(25-29-33)35-14-8-16-39-37-11-2-5-19-43(37)52-48(35)39/h1-29H. The highest BCUT2D eigenvalue weighted by molar-refractivity contribution is 7.27. The summed E-state index contributed by atoms with van der Waals surface area (Å²) in [6.45, 7) is 0. The Hall–Kier alpha value is -5.78. The van der Waals surface area contributed by atoms with E-state index in [2.05, 4.69) is 181 Å². The minimum absolute atomic E-state index is 1.13. The monoisotopic (exact) mass is 715 g/mol. The largest absolute Gasteiger partial charge is 0.310 e. The van der Waals surface area contributed by atoms with Gasteiger partial charge < -0.3 is 4.90 Å². The molecule has 0 amide bonds. The SMILES string of the molecule is c1ccc2c(c1)sc1c(-c3ccc(N(c4ccc(-c5cccc6c5sc5ccccc56)cc4)c4cccc5sc6ccccc6c45)cc3)cccc12. The molecule has 0 saturated carbocycles. The summed E-state index contributed by atoms with van der Waals surface area (Å²) < 4.78 is 7.94. The lowest BCUT2D eigenvalue weighted by Crippen LogP contribution is -2.10. The van der Waals surface area contributed by atoms with Crippen LogP contribution in [0.1, 0.15) is 0 Å². The molecule has 11 aromatic rings. The Morgan fingerprint density at radius 3 is 1.27 bits per heavy atom. The van der Waals surface area contributed by atoms with Crippen molar-refractivity contribution < 1.29 is 0 Å². The maximum absolute atomic E-state index is 2.44. The molecule has 244 valence electrons. The van der Waals surface area contributed by atoms with Crippen molar-refractivity contribution >= 4 is 112 Å². The molecule has 0 radical (unpaired) electrons. The number of hydrogen-bond donors (Lipinski definition) is 0. The molecule has 1 nitrogen and oxygen atoms in total. The van der Waals surface area contributed by atoms with Gasteiger partial charge in [0.15, 0.2) is 0 Å². The average molecular weight is 716 g/mol. The highest BCUT2D eigenvalue weighted by atomic mass is 32.1. The van der Waals surface area contributed by atoms with Crippen molar-refractivity contribution in [3.8, 4) is 22.3 Å². The second kappa shape index (κ2) is 11.9. The van der Waals surface area contributed by atoms with Gasteiger partial charge in [-0.2, -0.15) is 0 Å². The maximum atomic E-state index is 2.44. The molecule has 11 rings (SSSR count). The zero-order valence-electron chi connectivity index (χ0n) is 27.9. The molecular weight excluding hydrogens is 687 g/mol. The molecule has 3 aromatic heterocycles. The van der Waals surface area contributed by atoms with Crippen molar-refractivity contribution in [1.82, 2.24) is 0 Å². The summed E-state index contributed by atoms with van der Waals surface area (Å²) in [5.41, 5.74) is 8.47. The zero-order chi connectivity index (χ0) is 34.2. The average Bonchev–Trinajstić information content (AvgIpc) is 3.90. The molecule has 3 heterocycles. The zero-order valence-corrected chi connectivity index (χ0v) is 30.4. The maximum Gasteiger partial charge on any atom is 0.0554 e. The van der Waals surface area contributed by atoms with Crippen LogP contribution in [0.4, 0.5) is 17.1 Å². The number of hydrogen-bond acceptors (Lipinski definition) is 4. The molecule has 4 heteroatoms. The van der Waals surface area contributed by atoms with Crippen molar-refractivity contribution in [1.29, 1.82) is 0 Å². The van der Waals surface area contributed by atoms with Gasteiger partial charge in [-0.05, 0) is 76.9 Å². The Morgan fingerprint density at radius 2 is 0.731 bits per heavy atom. The summed E-state index contributed by atoms with van der Waals surface area (Å²) in [6, 6.07) is 64.8. The van der Waals surface area contributed by atoms with Crippen LogP contribution in [0.2, 0.25) is 0 Å². The molecule has 0 bridgehead atoms. The van der Waals surface area contributed by atoms with Crippen molar-refractivity contribution in [2.24, 2.45) is 0 Å². The van der Waals surface area contributed by atoms with E-state index in [4.69, 9.17) is 0 Å². The van der Waals surface area contributed by atoms with Crippen LogP contribution in [-0.2, 0) is 0 Å². The van der Waals surface area contributed by atoms with E-state index < -0.39 is 0 Å². The molecule has 0 aliphatic heterocycles. The minimum Gasteiger partial charge on any atom is -0.310 e. The minimum atomic E-state index is 1.13. The second-order valence-electron chi connectivity index (χ2n) is 13.2. The smallest absolute Gasteiger partial charge is 0.0554 e. The van der Waals surface area contributed by atoms with E-state index in [1.54, 1.807) is 0 Å². The first-order valence-corrected chi connectivity index (χ1v) is 20.0. The predicted octanol–water partition coefficient (Wildman–Crippen LogP) is 15.6. The van der Waals surface area contributed by atoms with Crippen molar-refractivity contribution in [2.45, 2.75) is 0 Å². The quantitative estimate of drug-likeness (QED) is 0.171. The van der Waals surface area contributed by atoms with Crippen LogP contribution in [0.5, 0.6) is 0 Å². The van der Waals surface area contributed by atoms with E-state index >= 15 is 0 Å². The molecule has 0 spiro atoms. The first-order valence-electron chi connectivity index (χ1n) is 17.5. The summed E-state index contributed by atoms with van der Waals surface area (Å²) in [5.74, 6) is 0. The molecule has 52 heavy (non-hydrogen) atoms. The highest BCUT2D eigenvalue weighted by Crippen LogP contribution is 2.47. The predicted molar refractivity (Wildman–Crippen MR) is 231 cm³/mol. The van der Waals surface area contributed by atoms with Gasteiger partial charge >= 0.3 is 0 Å². The van der Waals surface area contributed by atoms with Crippen molar-refractivity contribution in [3.05, 3.63) is 176 Å². The summed E-state index contributed by atoms with van der Waals surface area (Å²) in [5, 5.41) is 7.90. The molecule has 0 atom stereocenters. The lowest BCUT2D eigenvalue weighted by atomic mass is 10.0. The fourth-order valence-electron chi connectivity index (χ4n) is 7.90. The van der Waals surface area contributed by atoms with Gasteiger partial charge in [-0.3, -0.25) is 0 Å². The van der Waals surface area contributed by atoms with E-state index in [1.807, 2.05) is 34.0 Å². The Labute approximate surface area is 312 Å². The normalized spacial score (nSPS) is 11.8. The topological polar surface area (TPSA) is 3.24 Å². The lowest BCUT2D eigenvalue weighted by Gasteiger charge is -2.27. The van der Waals surface area contributed by atoms with E-state index in [-0.39, 0.29) is 0 Å². The molecule has 0 N–H and O–H groups in total. The van der Waals surface area contributed by atoms with E-state index in [9.17, 15) is 0 Å². The molecule has 0 aliphatic rings. The summed E-state index contributed by atoms with van der Waals surface area (Å²) in [7, 11) is 0. The fraction of sp³-hybridized carbons (Fsp3) is 0. The van der Waals surface area contributed by atoms with Gasteiger partial charge in [0, 0.05) is 71.9 Å². The number of nitrogens with zero attached hydrogens (tertiary/aromatic N) is 1. The van der Waals surface area contributed by atoms with Crippen LogP contribution >= 0.6 is 34.0 Å². The third kappa shape index (κ3) is 4.65. The highest BCUT2D eigenvalue weighted by Gasteiger charge is 2.20. The van der Waals surface area contributed by atoms with Crippen molar-refractivity contribution in [3.63, 3.8) is 0 Å². The van der Waals surface area contributed by atoms with E-state index in [0.717, 1.165) is 11.4 Å². The number of thiophene rings is 3. The third-order valence-electron chi connectivity index (χ3n) is 10.3. The Kier molecular flexibility index (Phi) is 6.84. The van der Waals surface area contributed by atoms with Crippen LogP contribution in [-0.4, -0.2) is 0 Å². The lowest BCUT2D eigenvalue weighted by molar-refractivity contribution is 1.30. The Balaban J connectivity index is 1.06. The van der Waals surface area contributed by atoms with Crippen LogP contribution in [0.15, 0.2) is 176 Å². The van der Waals surface area contributed by atoms with Gasteiger partial charge in [0.2, 0.25) is 0 Å². The van der Waals surface area contributed by atoms with Crippen molar-refractivity contribution in [2.75, 3.05) is 4.90 Å². The summed E-state index contributed by atoms with van der Waals surface area (Å²) in [4.78, 5) is 2.44. The molecule has 0 aliphatic carbocycles. The molecule has 8 aromatic carbocycles. The number of benzene rings is 8. The third-order valence-corrected chi connectivity index (χ3v) is 13.9. The molecule has 0 saturated heterocycles. The van der Waals surface area contributed by atoms with E-state index in [0.29, 0.717) is 0 Å². The number of rotatable bonds is 5. The van der Waals surface area contributed by atoms with Crippen LogP contribution in [0, 0.1) is 0 Å². The van der Waals surface area contributed by atoms with Crippen LogP contribution in [0.25, 0.3) is 82.8 Å². The summed E-state index contributed by atoms with van der Waals surface area (Å²) in [6.07, 6.45) is 0. The van der Waals surface area contributed by atoms with Crippen LogP contribution < -0.4 is 4.90 Å². The molecule has 0 unspecified atom stereocenters. The molecule has 0 fully saturated rings. The second-order valence-corrected chi connectivity index (χ2v) is 16.4. The van der Waals surface area contributed by atoms with Crippen LogP contribution in [0.3, 0.4) is 0 Å². The van der Waals surface area contributed by atoms with Gasteiger partial charge in [-0.1, -0.05) is 121 Å². The summed E-state index contributed by atoms with van der Waals surface area (Å²) >= 11 is 5.63. The van der Waals surface area contributed by atoms with Gasteiger partial charge in [0.05, 0.1) is 5.69 Å². The van der Waals surface area contributed by atoms with Gasteiger partial charge in [0.1, 0.15) is 0 Å². The van der Waals surface area contributed by atoms with Gasteiger partial charge in [-0.25, -0.2) is 0 Å². The van der Waals surface area contributed by atoms with Gasteiger partial charge in [0.25, 0.3) is 0 Å². The van der Waals surface area contributed by atoms with Gasteiger partial charge in [-0.15, -0.1) is 34.0 Å².